The molecule has 2 N–H and O–H groups in total. The van der Waals surface area contributed by atoms with E-state index >= 15 is 0 Å². The zero-order valence-corrected chi connectivity index (χ0v) is 12.0. The second-order valence-electron chi connectivity index (χ2n) is 5.98. The molecule has 3 atom stereocenters. The molecule has 0 aliphatic heterocycles. The molecule has 3 unspecified atom stereocenters. The Labute approximate surface area is 111 Å². The monoisotopic (exact) mass is 247 g/mol. The molecule has 2 nitrogen and oxygen atoms in total. The topological polar surface area (TPSA) is 35.2 Å². The van der Waals surface area contributed by atoms with Crippen LogP contribution in [0.2, 0.25) is 0 Å². The Morgan fingerprint density at radius 2 is 1.78 bits per heavy atom. The molecule has 1 aliphatic rings. The van der Waals surface area contributed by atoms with Gasteiger partial charge in [-0.3, -0.25) is 0 Å². The number of aryl methyl sites for hydroxylation is 2. The Morgan fingerprint density at radius 1 is 1.06 bits per heavy atom. The van der Waals surface area contributed by atoms with Gasteiger partial charge in [0.15, 0.2) is 0 Å². The van der Waals surface area contributed by atoms with Crippen LogP contribution in [0.25, 0.3) is 0 Å². The van der Waals surface area contributed by atoms with Crippen LogP contribution >= 0.6 is 0 Å². The summed E-state index contributed by atoms with van der Waals surface area (Å²) in [5.74, 6) is 2.55. The first kappa shape index (κ1) is 13.3. The Balaban J connectivity index is 2.08. The SMILES string of the molecule is Cc1cc(C)c(OC2CCC(C)C(C)C2)cc1N. The van der Waals surface area contributed by atoms with E-state index in [4.69, 9.17) is 10.5 Å². The molecule has 1 aromatic rings. The van der Waals surface area contributed by atoms with Gasteiger partial charge >= 0.3 is 0 Å². The van der Waals surface area contributed by atoms with Crippen molar-refractivity contribution < 1.29 is 4.74 Å². The van der Waals surface area contributed by atoms with Gasteiger partial charge in [0.05, 0.1) is 6.10 Å². The normalized spacial score (nSPS) is 28.1. The van der Waals surface area contributed by atoms with E-state index in [9.17, 15) is 0 Å². The highest BCUT2D eigenvalue weighted by atomic mass is 16.5. The molecule has 100 valence electrons. The minimum absolute atomic E-state index is 0.358. The summed E-state index contributed by atoms with van der Waals surface area (Å²) in [7, 11) is 0. The second kappa shape index (κ2) is 5.21. The summed E-state index contributed by atoms with van der Waals surface area (Å²) in [4.78, 5) is 0. The van der Waals surface area contributed by atoms with Crippen molar-refractivity contribution in [1.29, 1.82) is 0 Å². The van der Waals surface area contributed by atoms with Crippen molar-refractivity contribution >= 4 is 5.69 Å². The van der Waals surface area contributed by atoms with Crippen LogP contribution in [0.1, 0.15) is 44.2 Å². The molecule has 0 heterocycles. The van der Waals surface area contributed by atoms with Crippen LogP contribution in [0.5, 0.6) is 5.75 Å². The quantitative estimate of drug-likeness (QED) is 0.799. The molecule has 1 aromatic carbocycles. The van der Waals surface area contributed by atoms with Gasteiger partial charge in [0, 0.05) is 11.8 Å². The van der Waals surface area contributed by atoms with Crippen molar-refractivity contribution in [1.82, 2.24) is 0 Å². The summed E-state index contributed by atoms with van der Waals surface area (Å²) in [5.41, 5.74) is 9.11. The number of nitrogen functional groups attached to an aromatic ring is 1. The summed E-state index contributed by atoms with van der Waals surface area (Å²) in [6, 6.07) is 4.09. The highest BCUT2D eigenvalue weighted by Gasteiger charge is 2.26. The minimum atomic E-state index is 0.358. The summed E-state index contributed by atoms with van der Waals surface area (Å²) in [6.07, 6.45) is 3.95. The van der Waals surface area contributed by atoms with E-state index < -0.39 is 0 Å². The predicted octanol–water partition coefficient (Wildman–Crippen LogP) is 4.09. The van der Waals surface area contributed by atoms with E-state index in [-0.39, 0.29) is 0 Å². The summed E-state index contributed by atoms with van der Waals surface area (Å²) >= 11 is 0. The van der Waals surface area contributed by atoms with E-state index in [1.807, 2.05) is 13.0 Å². The van der Waals surface area contributed by atoms with E-state index in [1.54, 1.807) is 0 Å². The number of hydrogen-bond donors (Lipinski definition) is 1. The molecule has 0 radical (unpaired) electrons. The largest absolute Gasteiger partial charge is 0.490 e. The number of rotatable bonds is 2. The predicted molar refractivity (Wildman–Crippen MR) is 76.9 cm³/mol. The number of nitrogens with two attached hydrogens (primary N) is 1. The Bertz CT molecular complexity index is 427. The van der Waals surface area contributed by atoms with Crippen molar-refractivity contribution in [2.75, 3.05) is 5.73 Å². The molecule has 0 aromatic heterocycles. The number of hydrogen-bond acceptors (Lipinski definition) is 2. The molecule has 0 amide bonds. The lowest BCUT2D eigenvalue weighted by Crippen LogP contribution is -2.29. The Morgan fingerprint density at radius 3 is 2.44 bits per heavy atom. The van der Waals surface area contributed by atoms with Crippen LogP contribution in [0.4, 0.5) is 5.69 Å². The van der Waals surface area contributed by atoms with Gasteiger partial charge in [-0.1, -0.05) is 19.9 Å². The maximum Gasteiger partial charge on any atom is 0.124 e. The minimum Gasteiger partial charge on any atom is -0.490 e. The first-order chi connectivity index (χ1) is 8.47. The van der Waals surface area contributed by atoms with Gasteiger partial charge < -0.3 is 10.5 Å². The van der Waals surface area contributed by atoms with Gasteiger partial charge in [-0.15, -0.1) is 0 Å². The summed E-state index contributed by atoms with van der Waals surface area (Å²) in [5, 5.41) is 0. The van der Waals surface area contributed by atoms with Gasteiger partial charge in [0.1, 0.15) is 5.75 Å². The Hall–Kier alpha value is -1.18. The lowest BCUT2D eigenvalue weighted by molar-refractivity contribution is 0.100. The van der Waals surface area contributed by atoms with E-state index in [0.717, 1.165) is 35.3 Å². The fourth-order valence-corrected chi connectivity index (χ4v) is 2.76. The van der Waals surface area contributed by atoms with Crippen LogP contribution < -0.4 is 10.5 Å². The van der Waals surface area contributed by atoms with Gasteiger partial charge in [-0.25, -0.2) is 0 Å². The average Bonchev–Trinajstić information content (AvgIpc) is 2.31. The van der Waals surface area contributed by atoms with Gasteiger partial charge in [-0.2, -0.15) is 0 Å². The fraction of sp³-hybridized carbons (Fsp3) is 0.625. The molecule has 0 saturated heterocycles. The first-order valence-electron chi connectivity index (χ1n) is 7.00. The molecular formula is C16H25NO. The maximum absolute atomic E-state index is 6.16. The third-order valence-electron chi connectivity index (χ3n) is 4.41. The molecule has 2 rings (SSSR count). The van der Waals surface area contributed by atoms with Crippen molar-refractivity contribution in [3.8, 4) is 5.75 Å². The van der Waals surface area contributed by atoms with Crippen LogP contribution in [0.3, 0.4) is 0 Å². The van der Waals surface area contributed by atoms with Gasteiger partial charge in [0.25, 0.3) is 0 Å². The molecule has 1 fully saturated rings. The lowest BCUT2D eigenvalue weighted by Gasteiger charge is -2.32. The molecule has 1 aliphatic carbocycles. The third-order valence-corrected chi connectivity index (χ3v) is 4.41. The molecule has 18 heavy (non-hydrogen) atoms. The van der Waals surface area contributed by atoms with Crippen molar-refractivity contribution in [2.24, 2.45) is 11.8 Å². The standard InChI is InChI=1S/C16H25NO/c1-10-5-6-14(8-11(10)2)18-16-9-15(17)12(3)7-13(16)4/h7,9-11,14H,5-6,8,17H2,1-4H3. The Kier molecular flexibility index (Phi) is 3.84. The molecule has 0 spiro atoms. The third kappa shape index (κ3) is 2.80. The maximum atomic E-state index is 6.16. The lowest BCUT2D eigenvalue weighted by atomic mass is 9.80. The van der Waals surface area contributed by atoms with Crippen LogP contribution in [0, 0.1) is 25.7 Å². The first-order valence-corrected chi connectivity index (χ1v) is 7.00. The van der Waals surface area contributed by atoms with Gasteiger partial charge in [-0.05, 0) is 56.1 Å². The van der Waals surface area contributed by atoms with E-state index in [0.29, 0.717) is 6.10 Å². The van der Waals surface area contributed by atoms with E-state index in [2.05, 4.69) is 26.8 Å². The smallest absolute Gasteiger partial charge is 0.124 e. The number of anilines is 1. The van der Waals surface area contributed by atoms with E-state index in [1.165, 1.54) is 18.4 Å². The number of ether oxygens (including phenoxy) is 1. The fourth-order valence-electron chi connectivity index (χ4n) is 2.76. The number of benzene rings is 1. The van der Waals surface area contributed by atoms with Crippen molar-refractivity contribution in [3.63, 3.8) is 0 Å². The molecular weight excluding hydrogens is 222 g/mol. The molecule has 1 saturated carbocycles. The highest BCUT2D eigenvalue weighted by Crippen LogP contribution is 2.33. The highest BCUT2D eigenvalue weighted by molar-refractivity contribution is 5.54. The van der Waals surface area contributed by atoms with Crippen molar-refractivity contribution in [2.45, 2.75) is 53.1 Å². The van der Waals surface area contributed by atoms with Gasteiger partial charge in [0.2, 0.25) is 0 Å². The van der Waals surface area contributed by atoms with Crippen LogP contribution in [-0.2, 0) is 0 Å². The molecule has 0 bridgehead atoms. The zero-order valence-electron chi connectivity index (χ0n) is 12.0. The van der Waals surface area contributed by atoms with Crippen LogP contribution in [0.15, 0.2) is 12.1 Å². The molecule has 2 heteroatoms. The van der Waals surface area contributed by atoms with Crippen molar-refractivity contribution in [3.05, 3.63) is 23.3 Å². The zero-order chi connectivity index (χ0) is 13.3. The van der Waals surface area contributed by atoms with Crippen LogP contribution in [-0.4, -0.2) is 6.10 Å². The summed E-state index contributed by atoms with van der Waals surface area (Å²) in [6.45, 7) is 8.81. The summed E-state index contributed by atoms with van der Waals surface area (Å²) < 4.78 is 6.16. The second-order valence-corrected chi connectivity index (χ2v) is 5.98. The average molecular weight is 247 g/mol.